The molecule has 1 aliphatic heterocycles. The first-order valence-electron chi connectivity index (χ1n) is 12.4. The van der Waals surface area contributed by atoms with E-state index in [2.05, 4.69) is 28.8 Å². The Bertz CT molecular complexity index is 1240. The van der Waals surface area contributed by atoms with Crippen molar-refractivity contribution < 1.29 is 14.3 Å². The number of carbonyl (C=O) groups is 1. The lowest BCUT2D eigenvalue weighted by Gasteiger charge is -2.21. The van der Waals surface area contributed by atoms with Crippen molar-refractivity contribution in [1.29, 1.82) is 0 Å². The zero-order chi connectivity index (χ0) is 24.6. The lowest BCUT2D eigenvalue weighted by Crippen LogP contribution is -2.25. The van der Waals surface area contributed by atoms with Gasteiger partial charge in [0.15, 0.2) is 0 Å². The van der Waals surface area contributed by atoms with Gasteiger partial charge in [-0.3, -0.25) is 0 Å². The highest BCUT2D eigenvalue weighted by molar-refractivity contribution is 7.17. The molecular formula is C28H34N2O3S2. The quantitative estimate of drug-likeness (QED) is 0.367. The zero-order valence-electron chi connectivity index (χ0n) is 21.0. The number of nitrogens with one attached hydrogen (secondary N) is 2. The van der Waals surface area contributed by atoms with Gasteiger partial charge in [-0.05, 0) is 93.8 Å². The third-order valence-electron chi connectivity index (χ3n) is 6.57. The number of fused-ring (bicyclic) bond motifs is 2. The van der Waals surface area contributed by atoms with Crippen LogP contribution in [0.5, 0.6) is 5.75 Å². The first kappa shape index (κ1) is 24.3. The van der Waals surface area contributed by atoms with Crippen molar-refractivity contribution in [3.8, 4) is 16.2 Å². The van der Waals surface area contributed by atoms with Gasteiger partial charge in [0, 0.05) is 27.7 Å². The molecule has 3 aromatic rings. The normalized spacial score (nSPS) is 15.3. The van der Waals surface area contributed by atoms with Crippen LogP contribution >= 0.6 is 22.7 Å². The molecular weight excluding hydrogens is 476 g/mol. The summed E-state index contributed by atoms with van der Waals surface area (Å²) in [5.74, 6) is 0.660. The van der Waals surface area contributed by atoms with Crippen molar-refractivity contribution in [2.75, 3.05) is 19.0 Å². The van der Waals surface area contributed by atoms with E-state index in [-0.39, 0.29) is 5.97 Å². The molecule has 0 saturated heterocycles. The standard InChI is InChI=1S/C28H34N2O3S2/c1-28(2,3)33-27(31)24-20-10-5-6-11-22(20)35-26(24)30-15-21-19-12-13-29-16-23(19)34-25(21)17-8-7-9-18(14-17)32-4/h7-9,14,29-30H,5-6,10-13,15-16H2,1-4H3. The molecule has 1 aliphatic carbocycles. The van der Waals surface area contributed by atoms with E-state index < -0.39 is 5.60 Å². The third-order valence-corrected chi connectivity index (χ3v) is 9.14. The van der Waals surface area contributed by atoms with Gasteiger partial charge in [0.1, 0.15) is 16.4 Å². The van der Waals surface area contributed by atoms with E-state index in [0.29, 0.717) is 6.54 Å². The largest absolute Gasteiger partial charge is 0.497 e. The van der Waals surface area contributed by atoms with E-state index in [1.807, 2.05) is 38.2 Å². The minimum Gasteiger partial charge on any atom is -0.497 e. The Balaban J connectivity index is 1.51. The number of hydrogen-bond acceptors (Lipinski definition) is 7. The van der Waals surface area contributed by atoms with E-state index in [1.54, 1.807) is 18.4 Å². The molecule has 3 heterocycles. The lowest BCUT2D eigenvalue weighted by atomic mass is 9.95. The molecule has 5 nitrogen and oxygen atoms in total. The van der Waals surface area contributed by atoms with Crippen molar-refractivity contribution >= 4 is 33.6 Å². The van der Waals surface area contributed by atoms with E-state index in [9.17, 15) is 4.79 Å². The minimum absolute atomic E-state index is 0.205. The maximum absolute atomic E-state index is 13.3. The number of esters is 1. The molecule has 186 valence electrons. The van der Waals surface area contributed by atoms with Crippen LogP contribution in [0.15, 0.2) is 24.3 Å². The zero-order valence-corrected chi connectivity index (χ0v) is 22.6. The summed E-state index contributed by atoms with van der Waals surface area (Å²) in [5.41, 5.74) is 5.39. The highest BCUT2D eigenvalue weighted by Gasteiger charge is 2.30. The summed E-state index contributed by atoms with van der Waals surface area (Å²) in [6.07, 6.45) is 5.34. The smallest absolute Gasteiger partial charge is 0.341 e. The van der Waals surface area contributed by atoms with Gasteiger partial charge >= 0.3 is 5.97 Å². The molecule has 2 aliphatic rings. The number of carbonyl (C=O) groups excluding carboxylic acids is 1. The highest BCUT2D eigenvalue weighted by Crippen LogP contribution is 2.42. The van der Waals surface area contributed by atoms with Crippen molar-refractivity contribution in [3.05, 3.63) is 56.3 Å². The summed E-state index contributed by atoms with van der Waals surface area (Å²) < 4.78 is 11.3. The van der Waals surface area contributed by atoms with Crippen LogP contribution < -0.4 is 15.4 Å². The number of hydrogen-bond donors (Lipinski definition) is 2. The van der Waals surface area contributed by atoms with E-state index >= 15 is 0 Å². The van der Waals surface area contributed by atoms with Crippen LogP contribution in [-0.4, -0.2) is 25.2 Å². The van der Waals surface area contributed by atoms with E-state index in [0.717, 1.165) is 55.1 Å². The summed E-state index contributed by atoms with van der Waals surface area (Å²) in [4.78, 5) is 17.3. The number of rotatable bonds is 6. The molecule has 2 N–H and O–H groups in total. The average Bonchev–Trinajstić information content (AvgIpc) is 3.40. The molecule has 0 spiro atoms. The van der Waals surface area contributed by atoms with Crippen molar-refractivity contribution in [2.45, 2.75) is 71.6 Å². The summed E-state index contributed by atoms with van der Waals surface area (Å²) in [6.45, 7) is 8.39. The predicted octanol–water partition coefficient (Wildman–Crippen LogP) is 6.58. The molecule has 2 aromatic heterocycles. The monoisotopic (exact) mass is 510 g/mol. The fourth-order valence-corrected chi connectivity index (χ4v) is 7.59. The van der Waals surface area contributed by atoms with Crippen LogP contribution in [0.2, 0.25) is 0 Å². The molecule has 0 bridgehead atoms. The molecule has 5 rings (SSSR count). The molecule has 0 atom stereocenters. The third kappa shape index (κ3) is 5.13. The van der Waals surface area contributed by atoms with Crippen LogP contribution in [0.1, 0.15) is 70.4 Å². The van der Waals surface area contributed by atoms with Gasteiger partial charge in [-0.25, -0.2) is 4.79 Å². The summed E-state index contributed by atoms with van der Waals surface area (Å²) in [7, 11) is 1.71. The maximum atomic E-state index is 13.3. The second-order valence-electron chi connectivity index (χ2n) is 10.2. The molecule has 1 aromatic carbocycles. The number of thiophene rings is 2. The Kier molecular flexibility index (Phi) is 6.93. The van der Waals surface area contributed by atoms with Gasteiger partial charge in [-0.15, -0.1) is 22.7 Å². The van der Waals surface area contributed by atoms with Crippen LogP contribution in [-0.2, 0) is 37.1 Å². The maximum Gasteiger partial charge on any atom is 0.341 e. The molecule has 0 fully saturated rings. The van der Waals surface area contributed by atoms with E-state index in [4.69, 9.17) is 9.47 Å². The topological polar surface area (TPSA) is 59.6 Å². The van der Waals surface area contributed by atoms with Crippen molar-refractivity contribution in [3.63, 3.8) is 0 Å². The van der Waals surface area contributed by atoms with Gasteiger partial charge in [0.05, 0.1) is 12.7 Å². The predicted molar refractivity (Wildman–Crippen MR) is 145 cm³/mol. The fourth-order valence-electron chi connectivity index (χ4n) is 4.99. The summed E-state index contributed by atoms with van der Waals surface area (Å²) in [6, 6.07) is 8.31. The minimum atomic E-state index is -0.517. The molecule has 0 amide bonds. The van der Waals surface area contributed by atoms with Crippen LogP contribution in [0.25, 0.3) is 10.4 Å². The fraction of sp³-hybridized carbons (Fsp3) is 0.464. The Morgan fingerprint density at radius 3 is 2.71 bits per heavy atom. The van der Waals surface area contributed by atoms with Crippen LogP contribution in [0.3, 0.4) is 0 Å². The van der Waals surface area contributed by atoms with E-state index in [1.165, 1.54) is 43.3 Å². The highest BCUT2D eigenvalue weighted by atomic mass is 32.1. The summed E-state index contributed by atoms with van der Waals surface area (Å²) in [5, 5.41) is 8.17. The Labute approximate surface area is 215 Å². The SMILES string of the molecule is COc1cccc(-c2sc3c(c2CNc2sc4c(c2C(=O)OC(C)(C)C)CCCC4)CCNC3)c1. The van der Waals surface area contributed by atoms with Crippen LogP contribution in [0, 0.1) is 0 Å². The number of anilines is 1. The Hall–Kier alpha value is -2.35. The van der Waals surface area contributed by atoms with Crippen molar-refractivity contribution in [2.24, 2.45) is 0 Å². The number of ether oxygens (including phenoxy) is 2. The van der Waals surface area contributed by atoms with Gasteiger partial charge < -0.3 is 20.1 Å². The van der Waals surface area contributed by atoms with Crippen LogP contribution in [0.4, 0.5) is 5.00 Å². The lowest BCUT2D eigenvalue weighted by molar-refractivity contribution is 0.00698. The van der Waals surface area contributed by atoms with Crippen molar-refractivity contribution in [1.82, 2.24) is 5.32 Å². The van der Waals surface area contributed by atoms with Gasteiger partial charge in [-0.2, -0.15) is 0 Å². The molecule has 35 heavy (non-hydrogen) atoms. The molecule has 7 heteroatoms. The molecule has 0 unspecified atom stereocenters. The second kappa shape index (κ2) is 9.96. The first-order valence-corrected chi connectivity index (χ1v) is 14.1. The summed E-state index contributed by atoms with van der Waals surface area (Å²) >= 11 is 3.61. The van der Waals surface area contributed by atoms with Gasteiger partial charge in [0.25, 0.3) is 0 Å². The molecule has 0 saturated carbocycles. The number of benzene rings is 1. The van der Waals surface area contributed by atoms with Gasteiger partial charge in [0.2, 0.25) is 0 Å². The first-order chi connectivity index (χ1) is 16.8. The van der Waals surface area contributed by atoms with Gasteiger partial charge in [-0.1, -0.05) is 12.1 Å². The second-order valence-corrected chi connectivity index (χ2v) is 12.5. The number of methoxy groups -OCH3 is 1. The number of aryl methyl sites for hydroxylation is 1. The Morgan fingerprint density at radius 2 is 1.91 bits per heavy atom. The molecule has 0 radical (unpaired) electrons. The Morgan fingerprint density at radius 1 is 1.09 bits per heavy atom. The average molecular weight is 511 g/mol.